The maximum Gasteiger partial charge on any atom is 0.229 e. The molecule has 0 saturated heterocycles. The van der Waals surface area contributed by atoms with E-state index in [1.807, 2.05) is 60.0 Å². The number of nitrogens with two attached hydrogens (primary N) is 1. The predicted octanol–water partition coefficient (Wildman–Crippen LogP) is 4.32. The van der Waals surface area contributed by atoms with Crippen molar-refractivity contribution in [2.75, 3.05) is 29.3 Å². The Hall–Kier alpha value is -3.26. The maximum absolute atomic E-state index is 5.92. The number of nitrogen functional groups attached to an aromatic ring is 1. The van der Waals surface area contributed by atoms with E-state index in [9.17, 15) is 0 Å². The monoisotopic (exact) mass is 405 g/mol. The van der Waals surface area contributed by atoms with Gasteiger partial charge in [-0.2, -0.15) is 16.7 Å². The third-order valence-electron chi connectivity index (χ3n) is 4.79. The minimum atomic E-state index is 0.497. The summed E-state index contributed by atoms with van der Waals surface area (Å²) in [6.07, 6.45) is 3.85. The van der Waals surface area contributed by atoms with E-state index >= 15 is 0 Å². The van der Waals surface area contributed by atoms with Gasteiger partial charge in [0.2, 0.25) is 11.9 Å². The molecule has 29 heavy (non-hydrogen) atoms. The molecule has 0 aliphatic rings. The molecule has 0 atom stereocenters. The summed E-state index contributed by atoms with van der Waals surface area (Å²) in [5.74, 6) is 2.83. The van der Waals surface area contributed by atoms with Crippen LogP contribution in [0.25, 0.3) is 11.0 Å². The van der Waals surface area contributed by atoms with Crippen molar-refractivity contribution in [2.24, 2.45) is 7.05 Å². The SMILES string of the molecule is CSCc1ccc(Nc2nccc(N(C)c3ccc4c(c3)nc(N)n4C)n2)cc1. The normalized spacial score (nSPS) is 11.0. The molecule has 0 unspecified atom stereocenters. The lowest BCUT2D eigenvalue weighted by Crippen LogP contribution is -2.12. The standard InChI is InChI=1S/C21H23N7S/c1-27(16-8-9-18-17(12-16)25-20(22)28(18)2)19-10-11-23-21(26-19)24-15-6-4-14(5-7-15)13-29-3/h4-12H,13H2,1-3H3,(H2,22,25)(H,23,24,26). The van der Waals surface area contributed by atoms with Gasteiger partial charge in [-0.25, -0.2) is 9.97 Å². The van der Waals surface area contributed by atoms with E-state index in [1.165, 1.54) is 5.56 Å². The highest BCUT2D eigenvalue weighted by atomic mass is 32.2. The molecule has 4 aromatic rings. The summed E-state index contributed by atoms with van der Waals surface area (Å²) in [5, 5.41) is 3.27. The van der Waals surface area contributed by atoms with Crippen molar-refractivity contribution < 1.29 is 0 Å². The van der Waals surface area contributed by atoms with Crippen LogP contribution in [0, 0.1) is 0 Å². The average Bonchev–Trinajstić information content (AvgIpc) is 3.02. The van der Waals surface area contributed by atoms with Gasteiger partial charge in [0.1, 0.15) is 5.82 Å². The van der Waals surface area contributed by atoms with Crippen molar-refractivity contribution in [3.8, 4) is 0 Å². The van der Waals surface area contributed by atoms with Crippen LogP contribution in [-0.4, -0.2) is 32.8 Å². The molecule has 148 valence electrons. The van der Waals surface area contributed by atoms with Crippen molar-refractivity contribution in [1.29, 1.82) is 0 Å². The molecule has 0 spiro atoms. The zero-order valence-corrected chi connectivity index (χ0v) is 17.4. The Labute approximate surface area is 174 Å². The molecule has 2 heterocycles. The van der Waals surface area contributed by atoms with Crippen molar-refractivity contribution in [3.05, 3.63) is 60.3 Å². The fraction of sp³-hybridized carbons (Fsp3) is 0.190. The number of aryl methyl sites for hydroxylation is 1. The zero-order valence-electron chi connectivity index (χ0n) is 16.6. The lowest BCUT2D eigenvalue weighted by molar-refractivity contribution is 0.965. The molecule has 0 saturated carbocycles. The van der Waals surface area contributed by atoms with Gasteiger partial charge in [-0.1, -0.05) is 12.1 Å². The summed E-state index contributed by atoms with van der Waals surface area (Å²) >= 11 is 1.81. The molecule has 0 fully saturated rings. The van der Waals surface area contributed by atoms with Gasteiger partial charge in [-0.05, 0) is 48.2 Å². The molecule has 8 heteroatoms. The minimum Gasteiger partial charge on any atom is -0.369 e. The van der Waals surface area contributed by atoms with Crippen LogP contribution in [0.2, 0.25) is 0 Å². The summed E-state index contributed by atoms with van der Waals surface area (Å²) in [5.41, 5.74) is 11.0. The fourth-order valence-corrected chi connectivity index (χ4v) is 3.65. The second-order valence-electron chi connectivity index (χ2n) is 6.75. The van der Waals surface area contributed by atoms with Crippen LogP contribution in [-0.2, 0) is 12.8 Å². The van der Waals surface area contributed by atoms with Gasteiger partial charge in [0, 0.05) is 37.4 Å². The number of benzene rings is 2. The van der Waals surface area contributed by atoms with Crippen molar-refractivity contribution >= 4 is 51.9 Å². The van der Waals surface area contributed by atoms with Crippen molar-refractivity contribution in [1.82, 2.24) is 19.5 Å². The van der Waals surface area contributed by atoms with Gasteiger partial charge in [0.05, 0.1) is 11.0 Å². The maximum atomic E-state index is 5.92. The number of nitrogens with one attached hydrogen (secondary N) is 1. The fourth-order valence-electron chi connectivity index (χ4n) is 3.12. The van der Waals surface area contributed by atoms with Crippen LogP contribution in [0.5, 0.6) is 0 Å². The van der Waals surface area contributed by atoms with E-state index < -0.39 is 0 Å². The Morgan fingerprint density at radius 1 is 1.10 bits per heavy atom. The van der Waals surface area contributed by atoms with Gasteiger partial charge in [0.25, 0.3) is 0 Å². The third-order valence-corrected chi connectivity index (χ3v) is 5.41. The summed E-state index contributed by atoms with van der Waals surface area (Å²) in [6.45, 7) is 0. The summed E-state index contributed by atoms with van der Waals surface area (Å²) in [7, 11) is 3.88. The average molecular weight is 406 g/mol. The van der Waals surface area contributed by atoms with Crippen LogP contribution in [0.1, 0.15) is 5.56 Å². The molecule has 0 radical (unpaired) electrons. The van der Waals surface area contributed by atoms with Gasteiger partial charge >= 0.3 is 0 Å². The molecular formula is C21H23N7S. The Balaban J connectivity index is 1.56. The first-order valence-corrected chi connectivity index (χ1v) is 10.6. The lowest BCUT2D eigenvalue weighted by atomic mass is 10.2. The summed E-state index contributed by atoms with van der Waals surface area (Å²) in [4.78, 5) is 15.4. The molecule has 2 aromatic heterocycles. The Bertz CT molecular complexity index is 1140. The van der Waals surface area contributed by atoms with E-state index in [0.717, 1.165) is 34.0 Å². The van der Waals surface area contributed by atoms with Crippen LogP contribution >= 0.6 is 11.8 Å². The number of thioether (sulfide) groups is 1. The van der Waals surface area contributed by atoms with Crippen LogP contribution in [0.3, 0.4) is 0 Å². The lowest BCUT2D eigenvalue weighted by Gasteiger charge is -2.19. The summed E-state index contributed by atoms with van der Waals surface area (Å²) < 4.78 is 1.87. The molecule has 7 nitrogen and oxygen atoms in total. The smallest absolute Gasteiger partial charge is 0.229 e. The molecule has 0 bridgehead atoms. The van der Waals surface area contributed by atoms with Crippen molar-refractivity contribution in [2.45, 2.75) is 5.75 Å². The first-order chi connectivity index (χ1) is 14.0. The number of nitrogens with zero attached hydrogens (tertiary/aromatic N) is 5. The number of aromatic nitrogens is 4. The highest BCUT2D eigenvalue weighted by Crippen LogP contribution is 2.27. The Kier molecular flexibility index (Phi) is 5.26. The first-order valence-electron chi connectivity index (χ1n) is 9.19. The van der Waals surface area contributed by atoms with Gasteiger partial charge in [0.15, 0.2) is 0 Å². The van der Waals surface area contributed by atoms with Gasteiger partial charge < -0.3 is 20.5 Å². The predicted molar refractivity (Wildman–Crippen MR) is 122 cm³/mol. The Morgan fingerprint density at radius 3 is 2.66 bits per heavy atom. The number of fused-ring (bicyclic) bond motifs is 1. The number of hydrogen-bond donors (Lipinski definition) is 2. The number of imidazole rings is 1. The molecule has 3 N–H and O–H groups in total. The van der Waals surface area contributed by atoms with Crippen LogP contribution in [0.15, 0.2) is 54.7 Å². The van der Waals surface area contributed by atoms with E-state index in [4.69, 9.17) is 5.73 Å². The molecule has 0 aliphatic heterocycles. The van der Waals surface area contributed by atoms with Crippen LogP contribution in [0.4, 0.5) is 29.1 Å². The number of hydrogen-bond acceptors (Lipinski definition) is 7. The first kappa shape index (κ1) is 19.1. The minimum absolute atomic E-state index is 0.497. The van der Waals surface area contributed by atoms with E-state index in [2.05, 4.69) is 38.7 Å². The Morgan fingerprint density at radius 2 is 1.90 bits per heavy atom. The van der Waals surface area contributed by atoms with E-state index in [-0.39, 0.29) is 0 Å². The van der Waals surface area contributed by atoms with Crippen molar-refractivity contribution in [3.63, 3.8) is 0 Å². The second kappa shape index (κ2) is 8.00. The van der Waals surface area contributed by atoms with Crippen LogP contribution < -0.4 is 16.0 Å². The van der Waals surface area contributed by atoms with E-state index in [1.54, 1.807) is 18.0 Å². The van der Waals surface area contributed by atoms with Gasteiger partial charge in [-0.3, -0.25) is 0 Å². The summed E-state index contributed by atoms with van der Waals surface area (Å²) in [6, 6.07) is 16.2. The number of rotatable bonds is 6. The molecule has 0 aliphatic carbocycles. The third kappa shape index (κ3) is 3.97. The highest BCUT2D eigenvalue weighted by Gasteiger charge is 2.11. The second-order valence-corrected chi connectivity index (χ2v) is 7.62. The molecular weight excluding hydrogens is 382 g/mol. The number of anilines is 5. The zero-order chi connectivity index (χ0) is 20.4. The molecule has 0 amide bonds. The van der Waals surface area contributed by atoms with E-state index in [0.29, 0.717) is 11.9 Å². The topological polar surface area (TPSA) is 84.9 Å². The molecule has 2 aromatic carbocycles. The quantitative estimate of drug-likeness (QED) is 0.494. The molecule has 4 rings (SSSR count). The highest BCUT2D eigenvalue weighted by molar-refractivity contribution is 7.97. The largest absolute Gasteiger partial charge is 0.369 e. The van der Waals surface area contributed by atoms with Gasteiger partial charge in [-0.15, -0.1) is 0 Å².